The number of alkyl halides is 1. The van der Waals surface area contributed by atoms with Crippen LogP contribution < -0.4 is 0 Å². The first-order chi connectivity index (χ1) is 10.2. The van der Waals surface area contributed by atoms with Gasteiger partial charge in [0.2, 0.25) is 0 Å². The Labute approximate surface area is 146 Å². The topological polar surface area (TPSA) is 26.3 Å². The fourth-order valence-electron chi connectivity index (χ4n) is 3.40. The van der Waals surface area contributed by atoms with Crippen LogP contribution in [0.5, 0.6) is 0 Å². The molecule has 22 heavy (non-hydrogen) atoms. The highest BCUT2D eigenvalue weighted by Crippen LogP contribution is 2.40. The number of hydrogen-bond acceptors (Lipinski definition) is 2. The molecule has 1 atom stereocenters. The minimum atomic E-state index is -1.63. The summed E-state index contributed by atoms with van der Waals surface area (Å²) in [5.41, 5.74) is 5.74. The molecule has 0 amide bonds. The number of carbonyl (C=O) groups is 1. The minimum Gasteiger partial charge on any atom is -0.469 e. The van der Waals surface area contributed by atoms with E-state index in [0.29, 0.717) is 23.0 Å². The molecule has 2 nitrogen and oxygen atoms in total. The monoisotopic (exact) mass is 388 g/mol. The summed E-state index contributed by atoms with van der Waals surface area (Å²) < 4.78 is 4.66. The van der Waals surface area contributed by atoms with E-state index in [1.54, 1.807) is 0 Å². The summed E-state index contributed by atoms with van der Waals surface area (Å²) >= 11 is 3.69. The lowest BCUT2D eigenvalue weighted by atomic mass is 10.1. The van der Waals surface area contributed by atoms with Gasteiger partial charge in [0.15, 0.2) is 0 Å². The van der Waals surface area contributed by atoms with E-state index in [1.807, 2.05) is 0 Å². The number of methoxy groups -OCH3 is 1. The van der Waals surface area contributed by atoms with Crippen molar-refractivity contribution >= 4 is 30.0 Å². The first kappa shape index (κ1) is 21.7. The van der Waals surface area contributed by atoms with Crippen molar-refractivity contribution in [2.75, 3.05) is 7.11 Å². The number of hydrogen-bond donors (Lipinski definition) is 0. The van der Waals surface area contributed by atoms with E-state index in [0.717, 1.165) is 19.3 Å². The summed E-state index contributed by atoms with van der Waals surface area (Å²) in [6.45, 7) is 14.0. The van der Waals surface area contributed by atoms with Crippen LogP contribution in [0.1, 0.15) is 67.2 Å². The zero-order valence-electron chi connectivity index (χ0n) is 15.3. The molecular weight excluding hydrogens is 356 g/mol. The summed E-state index contributed by atoms with van der Waals surface area (Å²) in [5.74, 6) is 3.36. The largest absolute Gasteiger partial charge is 0.469 e. The first-order valence-electron chi connectivity index (χ1n) is 8.42. The van der Waals surface area contributed by atoms with Crippen LogP contribution in [-0.4, -0.2) is 26.0 Å². The quantitative estimate of drug-likeness (QED) is 0.175. The third-order valence-corrected chi connectivity index (χ3v) is 11.6. The molecule has 0 saturated carbocycles. The maximum atomic E-state index is 11.1. The first-order valence-corrected chi connectivity index (χ1v) is 11.6. The van der Waals surface area contributed by atoms with Crippen LogP contribution >= 0.6 is 15.9 Å². The Bertz CT molecular complexity index is 372. The van der Waals surface area contributed by atoms with E-state index in [4.69, 9.17) is 0 Å². The third kappa shape index (κ3) is 6.46. The van der Waals surface area contributed by atoms with E-state index in [1.165, 1.54) is 7.11 Å². The van der Waals surface area contributed by atoms with E-state index >= 15 is 0 Å². The van der Waals surface area contributed by atoms with Gasteiger partial charge in [0.1, 0.15) is 8.07 Å². The molecular formula is C18H33BrO2Si. The van der Waals surface area contributed by atoms with Crippen LogP contribution in [0.15, 0.2) is 0 Å². The van der Waals surface area contributed by atoms with Crippen LogP contribution in [0.2, 0.25) is 16.6 Å². The van der Waals surface area contributed by atoms with E-state index < -0.39 is 8.07 Å². The number of halogens is 1. The lowest BCUT2D eigenvalue weighted by molar-refractivity contribution is -0.140. The Kier molecular flexibility index (Phi) is 10.4. The molecule has 0 aliphatic carbocycles. The molecule has 0 heterocycles. The van der Waals surface area contributed by atoms with E-state index in [9.17, 15) is 4.79 Å². The summed E-state index contributed by atoms with van der Waals surface area (Å²) in [4.78, 5) is 11.3. The molecule has 0 aromatic carbocycles. The normalized spacial score (nSPS) is 13.2. The van der Waals surface area contributed by atoms with Crippen LogP contribution in [-0.2, 0) is 9.53 Å². The Balaban J connectivity index is 4.69. The zero-order valence-corrected chi connectivity index (χ0v) is 17.9. The molecule has 0 aliphatic heterocycles. The SMILES string of the molecule is COC(=O)CCCCC(Br)C#C[Si](C(C)C)(C(C)C)C(C)C. The molecule has 0 N–H and O–H groups in total. The van der Waals surface area contributed by atoms with Crippen LogP contribution in [0.25, 0.3) is 0 Å². The van der Waals surface area contributed by atoms with Crippen molar-refractivity contribution in [3.63, 3.8) is 0 Å². The fourth-order valence-corrected chi connectivity index (χ4v) is 9.34. The molecule has 0 radical (unpaired) electrons. The summed E-state index contributed by atoms with van der Waals surface area (Å²) in [5, 5.41) is 0. The molecule has 0 aromatic rings. The molecule has 0 bridgehead atoms. The van der Waals surface area contributed by atoms with Crippen molar-refractivity contribution in [2.24, 2.45) is 0 Å². The van der Waals surface area contributed by atoms with Crippen molar-refractivity contribution in [1.29, 1.82) is 0 Å². The highest BCUT2D eigenvalue weighted by molar-refractivity contribution is 9.09. The Morgan fingerprint density at radius 2 is 1.55 bits per heavy atom. The second kappa shape index (κ2) is 10.5. The van der Waals surface area contributed by atoms with Gasteiger partial charge in [0.25, 0.3) is 0 Å². The van der Waals surface area contributed by atoms with Gasteiger partial charge in [-0.2, -0.15) is 0 Å². The standard InChI is InChI=1S/C18H33BrO2Si/c1-14(2)22(15(3)4,16(5)6)13-12-17(19)10-8-9-11-18(20)21-7/h14-17H,8-11H2,1-7H3. The van der Waals surface area contributed by atoms with Crippen LogP contribution in [0.4, 0.5) is 0 Å². The van der Waals surface area contributed by atoms with Crippen LogP contribution in [0.3, 0.4) is 0 Å². The van der Waals surface area contributed by atoms with Crippen LogP contribution in [0, 0.1) is 11.5 Å². The molecule has 0 saturated heterocycles. The maximum Gasteiger partial charge on any atom is 0.305 e. The molecule has 0 aromatic heterocycles. The molecule has 4 heteroatoms. The lowest BCUT2D eigenvalue weighted by Crippen LogP contribution is -2.43. The number of unbranched alkanes of at least 4 members (excludes halogenated alkanes) is 1. The van der Waals surface area contributed by atoms with E-state index in [2.05, 4.69) is 73.7 Å². The Morgan fingerprint density at radius 1 is 1.05 bits per heavy atom. The van der Waals surface area contributed by atoms with Crippen molar-refractivity contribution in [1.82, 2.24) is 0 Å². The fraction of sp³-hybridized carbons (Fsp3) is 0.833. The number of esters is 1. The molecule has 0 fully saturated rings. The summed E-state index contributed by atoms with van der Waals surface area (Å²) in [7, 11) is -0.187. The van der Waals surface area contributed by atoms with Gasteiger partial charge < -0.3 is 4.74 Å². The Morgan fingerprint density at radius 3 is 1.95 bits per heavy atom. The lowest BCUT2D eigenvalue weighted by Gasteiger charge is -2.38. The number of ether oxygens (including phenoxy) is 1. The maximum absolute atomic E-state index is 11.1. The Hall–Kier alpha value is -0.273. The number of carbonyl (C=O) groups excluding carboxylic acids is 1. The van der Waals surface area contributed by atoms with Crippen molar-refractivity contribution in [3.05, 3.63) is 0 Å². The average molecular weight is 389 g/mol. The van der Waals surface area contributed by atoms with Gasteiger partial charge in [0, 0.05) is 6.42 Å². The highest BCUT2D eigenvalue weighted by Gasteiger charge is 2.41. The van der Waals surface area contributed by atoms with Crippen molar-refractivity contribution in [3.8, 4) is 11.5 Å². The van der Waals surface area contributed by atoms with Gasteiger partial charge in [-0.1, -0.05) is 69.8 Å². The molecule has 0 aliphatic rings. The smallest absolute Gasteiger partial charge is 0.305 e. The highest BCUT2D eigenvalue weighted by atomic mass is 79.9. The second-order valence-electron chi connectivity index (χ2n) is 6.96. The predicted molar refractivity (Wildman–Crippen MR) is 102 cm³/mol. The van der Waals surface area contributed by atoms with Crippen molar-refractivity contribution < 1.29 is 9.53 Å². The van der Waals surface area contributed by atoms with Gasteiger partial charge in [-0.25, -0.2) is 0 Å². The second-order valence-corrected chi connectivity index (χ2v) is 13.6. The third-order valence-electron chi connectivity index (χ3n) is 4.63. The van der Waals surface area contributed by atoms with Gasteiger partial charge in [0.05, 0.1) is 11.9 Å². The molecule has 0 spiro atoms. The molecule has 1 unspecified atom stereocenters. The number of rotatable bonds is 8. The predicted octanol–water partition coefficient (Wildman–Crippen LogP) is 5.70. The van der Waals surface area contributed by atoms with E-state index in [-0.39, 0.29) is 10.8 Å². The van der Waals surface area contributed by atoms with Gasteiger partial charge in [-0.3, -0.25) is 4.79 Å². The molecule has 128 valence electrons. The zero-order chi connectivity index (χ0) is 17.3. The van der Waals surface area contributed by atoms with Gasteiger partial charge in [-0.15, -0.1) is 5.54 Å². The van der Waals surface area contributed by atoms with Crippen molar-refractivity contribution in [2.45, 2.75) is 88.7 Å². The summed E-state index contributed by atoms with van der Waals surface area (Å²) in [6, 6.07) is 0. The van der Waals surface area contributed by atoms with Gasteiger partial charge in [-0.05, 0) is 29.5 Å². The van der Waals surface area contributed by atoms with Gasteiger partial charge >= 0.3 is 5.97 Å². The minimum absolute atomic E-state index is 0.122. The summed E-state index contributed by atoms with van der Waals surface area (Å²) in [6.07, 6.45) is 3.37. The average Bonchev–Trinajstić information content (AvgIpc) is 2.42. The molecule has 0 rings (SSSR count).